The lowest BCUT2D eigenvalue weighted by Gasteiger charge is -2.34. The molecule has 1 aromatic carbocycles. The standard InChI is InChI=1S/C16H25FN2/c1-3-12-7-9-14(10-8-12)19(2)11-13-5-4-6-15(17)16(13)18/h4-6,12,14H,3,7-11,18H2,1-2H3. The molecule has 0 heterocycles. The smallest absolute Gasteiger partial charge is 0.146 e. The van der Waals surface area contributed by atoms with Gasteiger partial charge in [-0.1, -0.05) is 25.5 Å². The third kappa shape index (κ3) is 3.47. The Bertz CT molecular complexity index is 411. The van der Waals surface area contributed by atoms with Crippen LogP contribution >= 0.6 is 0 Å². The molecular formula is C16H25FN2. The van der Waals surface area contributed by atoms with E-state index in [1.807, 2.05) is 6.07 Å². The van der Waals surface area contributed by atoms with E-state index in [4.69, 9.17) is 5.73 Å². The summed E-state index contributed by atoms with van der Waals surface area (Å²) in [6.07, 6.45) is 6.45. The lowest BCUT2D eigenvalue weighted by molar-refractivity contribution is 0.157. The largest absolute Gasteiger partial charge is 0.396 e. The first-order valence-corrected chi connectivity index (χ1v) is 7.35. The van der Waals surface area contributed by atoms with Gasteiger partial charge in [0.05, 0.1) is 5.69 Å². The first-order valence-electron chi connectivity index (χ1n) is 7.35. The molecule has 0 atom stereocenters. The average molecular weight is 264 g/mol. The van der Waals surface area contributed by atoms with Gasteiger partial charge >= 0.3 is 0 Å². The van der Waals surface area contributed by atoms with E-state index in [0.717, 1.165) is 18.0 Å². The predicted octanol–water partition coefficient (Wildman–Crippen LogP) is 3.81. The van der Waals surface area contributed by atoms with Crippen molar-refractivity contribution in [1.82, 2.24) is 4.90 Å². The first-order chi connectivity index (χ1) is 9.11. The van der Waals surface area contributed by atoms with Gasteiger partial charge in [-0.15, -0.1) is 0 Å². The van der Waals surface area contributed by atoms with Crippen LogP contribution in [0.3, 0.4) is 0 Å². The second-order valence-electron chi connectivity index (χ2n) is 5.81. The second-order valence-corrected chi connectivity index (χ2v) is 5.81. The summed E-state index contributed by atoms with van der Waals surface area (Å²) in [7, 11) is 2.13. The molecule has 0 spiro atoms. The molecule has 0 radical (unpaired) electrons. The Hall–Kier alpha value is -1.09. The fourth-order valence-corrected chi connectivity index (χ4v) is 3.11. The fraction of sp³-hybridized carbons (Fsp3) is 0.625. The Morgan fingerprint density at radius 2 is 1.95 bits per heavy atom. The molecule has 2 rings (SSSR count). The highest BCUT2D eigenvalue weighted by molar-refractivity contribution is 5.47. The minimum atomic E-state index is -0.305. The Morgan fingerprint density at radius 1 is 1.26 bits per heavy atom. The highest BCUT2D eigenvalue weighted by Crippen LogP contribution is 2.30. The van der Waals surface area contributed by atoms with E-state index in [1.165, 1.54) is 38.2 Å². The van der Waals surface area contributed by atoms with Crippen molar-refractivity contribution in [3.8, 4) is 0 Å². The average Bonchev–Trinajstić information content (AvgIpc) is 2.44. The number of benzene rings is 1. The van der Waals surface area contributed by atoms with E-state index in [9.17, 15) is 4.39 Å². The first kappa shape index (κ1) is 14.3. The maximum Gasteiger partial charge on any atom is 0.146 e. The zero-order chi connectivity index (χ0) is 13.8. The van der Waals surface area contributed by atoms with Gasteiger partial charge in [0.1, 0.15) is 5.82 Å². The Labute approximate surface area is 115 Å². The Kier molecular flexibility index (Phi) is 4.81. The maximum absolute atomic E-state index is 13.4. The number of nitrogen functional groups attached to an aromatic ring is 1. The molecule has 1 fully saturated rings. The van der Waals surface area contributed by atoms with E-state index in [0.29, 0.717) is 11.7 Å². The quantitative estimate of drug-likeness (QED) is 0.838. The summed E-state index contributed by atoms with van der Waals surface area (Å²) >= 11 is 0. The number of anilines is 1. The summed E-state index contributed by atoms with van der Waals surface area (Å²) in [5, 5.41) is 0. The normalized spacial score (nSPS) is 23.8. The van der Waals surface area contributed by atoms with Gasteiger partial charge in [0, 0.05) is 12.6 Å². The van der Waals surface area contributed by atoms with Gasteiger partial charge in [-0.2, -0.15) is 0 Å². The van der Waals surface area contributed by atoms with Crippen molar-refractivity contribution in [2.24, 2.45) is 5.92 Å². The van der Waals surface area contributed by atoms with Crippen LogP contribution < -0.4 is 5.73 Å². The van der Waals surface area contributed by atoms with E-state index >= 15 is 0 Å². The monoisotopic (exact) mass is 264 g/mol. The van der Waals surface area contributed by atoms with E-state index < -0.39 is 0 Å². The van der Waals surface area contributed by atoms with E-state index in [1.54, 1.807) is 6.07 Å². The fourth-order valence-electron chi connectivity index (χ4n) is 3.11. The van der Waals surface area contributed by atoms with Crippen LogP contribution in [0.25, 0.3) is 0 Å². The molecule has 19 heavy (non-hydrogen) atoms. The second kappa shape index (κ2) is 6.38. The molecule has 0 amide bonds. The molecule has 2 nitrogen and oxygen atoms in total. The number of hydrogen-bond acceptors (Lipinski definition) is 2. The topological polar surface area (TPSA) is 29.3 Å². The van der Waals surface area contributed by atoms with Gasteiger partial charge < -0.3 is 5.73 Å². The van der Waals surface area contributed by atoms with Crippen molar-refractivity contribution in [2.45, 2.75) is 51.6 Å². The van der Waals surface area contributed by atoms with Crippen LogP contribution in [0.2, 0.25) is 0 Å². The molecule has 0 unspecified atom stereocenters. The minimum Gasteiger partial charge on any atom is -0.396 e. The SMILES string of the molecule is CCC1CCC(N(C)Cc2cccc(F)c2N)CC1. The molecule has 1 aromatic rings. The summed E-state index contributed by atoms with van der Waals surface area (Å²) in [4.78, 5) is 2.33. The molecule has 2 N–H and O–H groups in total. The van der Waals surface area contributed by atoms with Gasteiger partial charge in [0.15, 0.2) is 0 Å². The molecule has 1 aliphatic carbocycles. The number of nitrogens with zero attached hydrogens (tertiary/aromatic N) is 1. The van der Waals surface area contributed by atoms with Crippen molar-refractivity contribution >= 4 is 5.69 Å². The number of para-hydroxylation sites is 1. The summed E-state index contributed by atoms with van der Waals surface area (Å²) in [5.41, 5.74) is 7.01. The van der Waals surface area contributed by atoms with Crippen LogP contribution in [0, 0.1) is 11.7 Å². The molecule has 0 aliphatic heterocycles. The van der Waals surface area contributed by atoms with Gasteiger partial charge in [0.2, 0.25) is 0 Å². The molecule has 1 aliphatic rings. The van der Waals surface area contributed by atoms with Gasteiger partial charge in [-0.3, -0.25) is 4.90 Å². The van der Waals surface area contributed by atoms with E-state index in [2.05, 4.69) is 18.9 Å². The third-order valence-corrected chi connectivity index (χ3v) is 4.58. The van der Waals surface area contributed by atoms with Crippen LogP contribution in [-0.2, 0) is 6.54 Å². The number of halogens is 1. The number of rotatable bonds is 4. The van der Waals surface area contributed by atoms with Crippen LogP contribution in [0.15, 0.2) is 18.2 Å². The number of nitrogens with two attached hydrogens (primary N) is 1. The van der Waals surface area contributed by atoms with Gasteiger partial charge in [-0.25, -0.2) is 4.39 Å². The Morgan fingerprint density at radius 3 is 2.58 bits per heavy atom. The lowest BCUT2D eigenvalue weighted by Crippen LogP contribution is -2.34. The van der Waals surface area contributed by atoms with Crippen LogP contribution in [0.5, 0.6) is 0 Å². The van der Waals surface area contributed by atoms with Crippen LogP contribution in [-0.4, -0.2) is 18.0 Å². The van der Waals surface area contributed by atoms with Crippen LogP contribution in [0.1, 0.15) is 44.6 Å². The predicted molar refractivity (Wildman–Crippen MR) is 78.3 cm³/mol. The van der Waals surface area contributed by atoms with Crippen molar-refractivity contribution < 1.29 is 4.39 Å². The van der Waals surface area contributed by atoms with E-state index in [-0.39, 0.29) is 5.82 Å². The third-order valence-electron chi connectivity index (χ3n) is 4.58. The van der Waals surface area contributed by atoms with Crippen molar-refractivity contribution in [1.29, 1.82) is 0 Å². The molecule has 106 valence electrons. The van der Waals surface area contributed by atoms with Crippen molar-refractivity contribution in [3.63, 3.8) is 0 Å². The summed E-state index contributed by atoms with van der Waals surface area (Å²) in [6.45, 7) is 3.02. The minimum absolute atomic E-state index is 0.302. The highest BCUT2D eigenvalue weighted by Gasteiger charge is 2.23. The lowest BCUT2D eigenvalue weighted by atomic mass is 9.84. The Balaban J connectivity index is 1.94. The van der Waals surface area contributed by atoms with Gasteiger partial charge in [-0.05, 0) is 50.3 Å². The summed E-state index contributed by atoms with van der Waals surface area (Å²) in [6, 6.07) is 5.70. The highest BCUT2D eigenvalue weighted by atomic mass is 19.1. The maximum atomic E-state index is 13.4. The molecule has 1 saturated carbocycles. The molecule has 0 aromatic heterocycles. The zero-order valence-electron chi connectivity index (χ0n) is 12.0. The van der Waals surface area contributed by atoms with Crippen molar-refractivity contribution in [3.05, 3.63) is 29.6 Å². The van der Waals surface area contributed by atoms with Crippen molar-refractivity contribution in [2.75, 3.05) is 12.8 Å². The van der Waals surface area contributed by atoms with Crippen LogP contribution in [0.4, 0.5) is 10.1 Å². The molecule has 3 heteroatoms. The van der Waals surface area contributed by atoms with Gasteiger partial charge in [0.25, 0.3) is 0 Å². The summed E-state index contributed by atoms with van der Waals surface area (Å²) in [5.74, 6) is 0.601. The molecule has 0 saturated heterocycles. The summed E-state index contributed by atoms with van der Waals surface area (Å²) < 4.78 is 13.4. The molecule has 0 bridgehead atoms. The number of hydrogen-bond donors (Lipinski definition) is 1. The zero-order valence-corrected chi connectivity index (χ0v) is 12.0. The molecular weight excluding hydrogens is 239 g/mol.